The fraction of sp³-hybridized carbons (Fsp3) is 0.750. The van der Waals surface area contributed by atoms with Crippen LogP contribution in [-0.4, -0.2) is 34.0 Å². The van der Waals surface area contributed by atoms with Crippen molar-refractivity contribution in [2.75, 3.05) is 18.0 Å². The fourth-order valence-corrected chi connectivity index (χ4v) is 2.83. The highest BCUT2D eigenvalue weighted by Gasteiger charge is 2.41. The van der Waals surface area contributed by atoms with Crippen LogP contribution < -0.4 is 4.90 Å². The summed E-state index contributed by atoms with van der Waals surface area (Å²) in [5, 5.41) is 18.7. The first-order valence-electron chi connectivity index (χ1n) is 4.59. The Morgan fingerprint density at radius 2 is 2.29 bits per heavy atom. The Balaban J connectivity index is 1.94. The van der Waals surface area contributed by atoms with Gasteiger partial charge in [-0.25, -0.2) is 0 Å². The molecule has 1 saturated heterocycles. The van der Waals surface area contributed by atoms with Gasteiger partial charge >= 0.3 is 0 Å². The average molecular weight is 278 g/mol. The summed E-state index contributed by atoms with van der Waals surface area (Å²) in [5.74, 6) is 0. The zero-order valence-corrected chi connectivity index (χ0v) is 10.3. The number of anilines is 1. The third-order valence-corrected chi connectivity index (χ3v) is 3.76. The van der Waals surface area contributed by atoms with E-state index in [0.717, 1.165) is 21.9 Å². The number of rotatable bonds is 3. The Bertz CT molecular complexity index is 324. The Labute approximate surface area is 95.1 Å². The maximum atomic E-state index is 9.95. The van der Waals surface area contributed by atoms with Crippen molar-refractivity contribution in [3.8, 4) is 0 Å². The number of aromatic nitrogens is 2. The number of halogens is 1. The second kappa shape index (κ2) is 3.75. The van der Waals surface area contributed by atoms with Gasteiger partial charge in [-0.3, -0.25) is 0 Å². The molecule has 0 saturated carbocycles. The molecule has 0 spiro atoms. The third kappa shape index (κ3) is 1.92. The normalized spacial score (nSPS) is 19.5. The van der Waals surface area contributed by atoms with Gasteiger partial charge in [0.1, 0.15) is 0 Å². The van der Waals surface area contributed by atoms with Crippen LogP contribution in [-0.2, 0) is 0 Å². The molecule has 1 fully saturated rings. The molecule has 4 nitrogen and oxygen atoms in total. The highest BCUT2D eigenvalue weighted by atomic mass is 79.9. The predicted octanol–water partition coefficient (Wildman–Crippen LogP) is 1.65. The number of aliphatic hydroxyl groups is 1. The molecule has 0 aromatic carbocycles. The van der Waals surface area contributed by atoms with Crippen molar-refractivity contribution in [2.24, 2.45) is 0 Å². The zero-order chi connectivity index (χ0) is 10.2. The largest absolute Gasteiger partial charge is 0.386 e. The van der Waals surface area contributed by atoms with E-state index in [-0.39, 0.29) is 0 Å². The molecule has 0 bridgehead atoms. The quantitative estimate of drug-likeness (QED) is 0.913. The van der Waals surface area contributed by atoms with E-state index in [4.69, 9.17) is 0 Å². The van der Waals surface area contributed by atoms with Crippen LogP contribution in [0.1, 0.15) is 19.8 Å². The van der Waals surface area contributed by atoms with Crippen molar-refractivity contribution in [3.63, 3.8) is 0 Å². The molecule has 0 amide bonds. The van der Waals surface area contributed by atoms with Crippen molar-refractivity contribution < 1.29 is 5.11 Å². The van der Waals surface area contributed by atoms with E-state index in [9.17, 15) is 5.11 Å². The van der Waals surface area contributed by atoms with Gasteiger partial charge in [-0.05, 0) is 22.4 Å². The summed E-state index contributed by atoms with van der Waals surface area (Å²) >= 11 is 4.77. The third-order valence-electron chi connectivity index (χ3n) is 2.35. The summed E-state index contributed by atoms with van der Waals surface area (Å²) in [6.45, 7) is 3.45. The molecule has 1 aromatic heterocycles. The van der Waals surface area contributed by atoms with E-state index in [1.54, 1.807) is 0 Å². The van der Waals surface area contributed by atoms with E-state index in [1.807, 2.05) is 0 Å². The Morgan fingerprint density at radius 3 is 2.79 bits per heavy atom. The van der Waals surface area contributed by atoms with Crippen LogP contribution in [0.2, 0.25) is 0 Å². The summed E-state index contributed by atoms with van der Waals surface area (Å²) < 4.78 is 0.790. The molecule has 2 rings (SSSR count). The van der Waals surface area contributed by atoms with Crippen molar-refractivity contribution in [1.29, 1.82) is 0 Å². The smallest absolute Gasteiger partial charge is 0.209 e. The maximum absolute atomic E-state index is 9.95. The second-order valence-electron chi connectivity index (χ2n) is 3.67. The summed E-state index contributed by atoms with van der Waals surface area (Å²) in [6, 6.07) is 0. The van der Waals surface area contributed by atoms with E-state index in [1.165, 1.54) is 11.3 Å². The molecule has 0 radical (unpaired) electrons. The standard InChI is InChI=1S/C8H12BrN3OS/c1-2-3-8(13)4-12(5-8)7-11-10-6(9)14-7/h13H,2-5H2,1H3. The van der Waals surface area contributed by atoms with Crippen molar-refractivity contribution in [2.45, 2.75) is 25.4 Å². The lowest BCUT2D eigenvalue weighted by atomic mass is 9.90. The molecule has 1 aliphatic heterocycles. The summed E-state index contributed by atoms with van der Waals surface area (Å²) in [4.78, 5) is 2.05. The molecule has 0 atom stereocenters. The van der Waals surface area contributed by atoms with Crippen LogP contribution in [0, 0.1) is 0 Å². The van der Waals surface area contributed by atoms with Gasteiger partial charge in [0.15, 0.2) is 3.92 Å². The first kappa shape index (κ1) is 10.3. The SMILES string of the molecule is CCCC1(O)CN(c2nnc(Br)s2)C1. The van der Waals surface area contributed by atoms with Crippen molar-refractivity contribution >= 4 is 32.4 Å². The molecule has 78 valence electrons. The van der Waals surface area contributed by atoms with E-state index in [0.29, 0.717) is 13.1 Å². The minimum atomic E-state index is -0.493. The van der Waals surface area contributed by atoms with Gasteiger partial charge in [0.05, 0.1) is 18.7 Å². The maximum Gasteiger partial charge on any atom is 0.209 e. The molecular formula is C8H12BrN3OS. The number of hydrogen-bond acceptors (Lipinski definition) is 5. The van der Waals surface area contributed by atoms with Gasteiger partial charge in [-0.2, -0.15) is 0 Å². The van der Waals surface area contributed by atoms with E-state index < -0.39 is 5.60 Å². The lowest BCUT2D eigenvalue weighted by Gasteiger charge is -2.46. The molecule has 0 aliphatic carbocycles. The van der Waals surface area contributed by atoms with Crippen LogP contribution in [0.25, 0.3) is 0 Å². The second-order valence-corrected chi connectivity index (χ2v) is 5.90. The Hall–Kier alpha value is -0.200. The van der Waals surface area contributed by atoms with Crippen LogP contribution >= 0.6 is 27.3 Å². The van der Waals surface area contributed by atoms with Gasteiger partial charge in [0.2, 0.25) is 5.13 Å². The van der Waals surface area contributed by atoms with E-state index in [2.05, 4.69) is 38.0 Å². The molecule has 14 heavy (non-hydrogen) atoms. The topological polar surface area (TPSA) is 49.2 Å². The number of hydrogen-bond donors (Lipinski definition) is 1. The van der Waals surface area contributed by atoms with Gasteiger partial charge in [-0.1, -0.05) is 24.7 Å². The van der Waals surface area contributed by atoms with Crippen LogP contribution in [0.5, 0.6) is 0 Å². The number of β-amino-alcohol motifs (C(OH)–C–C–N with tert-alkyl or cyclic N) is 1. The Kier molecular flexibility index (Phi) is 2.77. The monoisotopic (exact) mass is 277 g/mol. The molecule has 1 aliphatic rings. The molecule has 1 N–H and O–H groups in total. The average Bonchev–Trinajstić information content (AvgIpc) is 2.47. The van der Waals surface area contributed by atoms with Crippen LogP contribution in [0.15, 0.2) is 3.92 Å². The van der Waals surface area contributed by atoms with Crippen LogP contribution in [0.3, 0.4) is 0 Å². The van der Waals surface area contributed by atoms with Gasteiger partial charge < -0.3 is 10.0 Å². The number of nitrogens with zero attached hydrogens (tertiary/aromatic N) is 3. The lowest BCUT2D eigenvalue weighted by Crippen LogP contribution is -2.61. The minimum absolute atomic E-state index is 0.493. The Morgan fingerprint density at radius 1 is 1.57 bits per heavy atom. The zero-order valence-electron chi connectivity index (χ0n) is 7.90. The highest BCUT2D eigenvalue weighted by Crippen LogP contribution is 2.33. The van der Waals surface area contributed by atoms with Gasteiger partial charge in [0, 0.05) is 0 Å². The molecule has 1 aromatic rings. The summed E-state index contributed by atoms with van der Waals surface area (Å²) in [5.41, 5.74) is -0.493. The predicted molar refractivity (Wildman–Crippen MR) is 59.7 cm³/mol. The van der Waals surface area contributed by atoms with Crippen LogP contribution in [0.4, 0.5) is 5.13 Å². The van der Waals surface area contributed by atoms with Crippen molar-refractivity contribution in [1.82, 2.24) is 10.2 Å². The first-order chi connectivity index (χ1) is 6.63. The minimum Gasteiger partial charge on any atom is -0.386 e. The molecule has 6 heteroatoms. The summed E-state index contributed by atoms with van der Waals surface area (Å²) in [6.07, 6.45) is 1.88. The van der Waals surface area contributed by atoms with Gasteiger partial charge in [0.25, 0.3) is 0 Å². The first-order valence-corrected chi connectivity index (χ1v) is 6.20. The molecular weight excluding hydrogens is 266 g/mol. The van der Waals surface area contributed by atoms with Gasteiger partial charge in [-0.15, -0.1) is 10.2 Å². The van der Waals surface area contributed by atoms with Crippen molar-refractivity contribution in [3.05, 3.63) is 3.92 Å². The lowest BCUT2D eigenvalue weighted by molar-refractivity contribution is 0.00332. The highest BCUT2D eigenvalue weighted by molar-refractivity contribution is 9.11. The summed E-state index contributed by atoms with van der Waals surface area (Å²) in [7, 11) is 0. The molecule has 2 heterocycles. The van der Waals surface area contributed by atoms with E-state index >= 15 is 0 Å². The fourth-order valence-electron chi connectivity index (χ4n) is 1.75. The molecule has 0 unspecified atom stereocenters.